The minimum absolute atomic E-state index is 0. The molecular formula is C8H17CsO8. The van der Waals surface area contributed by atoms with Gasteiger partial charge in [0.2, 0.25) is 0 Å². The van der Waals surface area contributed by atoms with E-state index in [2.05, 4.69) is 0 Å². The van der Waals surface area contributed by atoms with Crippen molar-refractivity contribution in [3.8, 4) is 0 Å². The van der Waals surface area contributed by atoms with Crippen LogP contribution in [0, 0.1) is 0 Å². The van der Waals surface area contributed by atoms with Gasteiger partial charge in [0.15, 0.2) is 0 Å². The van der Waals surface area contributed by atoms with E-state index in [-0.39, 0.29) is 70.3 Å². The molecule has 9 heteroatoms. The van der Waals surface area contributed by atoms with Crippen LogP contribution in [0.3, 0.4) is 0 Å². The first kappa shape index (κ1) is 30.2. The number of hydrogen-bond acceptors (Lipinski definition) is 4. The molecule has 0 aliphatic carbocycles. The fourth-order valence-electron chi connectivity index (χ4n) is 0. The molecule has 0 atom stereocenters. The SMILES string of the molecule is CC(=O)O.CC(=O)O.CC(=O)O.CC(=O)O.[Cs+].[H-]. The fourth-order valence-corrected chi connectivity index (χ4v) is 0. The third-order valence-electron chi connectivity index (χ3n) is 0. The standard InChI is InChI=1S/4C2H4O2.Cs.H/c4*1-2(3)4;;/h4*1H3,(H,3,4);;/q;;;;+1;-1. The Bertz CT molecular complexity index is 167. The van der Waals surface area contributed by atoms with Gasteiger partial charge in [0.25, 0.3) is 23.9 Å². The minimum Gasteiger partial charge on any atom is -1.00 e. The van der Waals surface area contributed by atoms with Gasteiger partial charge in [-0.2, -0.15) is 0 Å². The van der Waals surface area contributed by atoms with E-state index in [9.17, 15) is 0 Å². The van der Waals surface area contributed by atoms with Crippen LogP contribution in [0.15, 0.2) is 0 Å². The third-order valence-corrected chi connectivity index (χ3v) is 0. The first-order valence-electron chi connectivity index (χ1n) is 3.71. The van der Waals surface area contributed by atoms with Gasteiger partial charge in [-0.15, -0.1) is 0 Å². The Morgan fingerprint density at radius 2 is 0.588 bits per heavy atom. The molecule has 0 radical (unpaired) electrons. The molecule has 8 nitrogen and oxygen atoms in total. The van der Waals surface area contributed by atoms with Gasteiger partial charge < -0.3 is 21.9 Å². The van der Waals surface area contributed by atoms with Crippen LogP contribution >= 0.6 is 0 Å². The van der Waals surface area contributed by atoms with Gasteiger partial charge in [-0.25, -0.2) is 0 Å². The van der Waals surface area contributed by atoms with Crippen LogP contribution in [0.1, 0.15) is 29.1 Å². The average molecular weight is 374 g/mol. The van der Waals surface area contributed by atoms with E-state index >= 15 is 0 Å². The number of hydrogen-bond donors (Lipinski definition) is 4. The maximum absolute atomic E-state index is 9.00. The molecule has 0 unspecified atom stereocenters. The summed E-state index contributed by atoms with van der Waals surface area (Å²) in [7, 11) is 0. The van der Waals surface area contributed by atoms with E-state index in [1.165, 1.54) is 0 Å². The van der Waals surface area contributed by atoms with Gasteiger partial charge in [-0.05, 0) is 0 Å². The second-order valence-electron chi connectivity index (χ2n) is 2.08. The van der Waals surface area contributed by atoms with E-state index in [1.54, 1.807) is 0 Å². The summed E-state index contributed by atoms with van der Waals surface area (Å²) in [6.45, 7) is 4.33. The summed E-state index contributed by atoms with van der Waals surface area (Å²) in [6.07, 6.45) is 0. The summed E-state index contributed by atoms with van der Waals surface area (Å²) in [5.74, 6) is -3.33. The number of rotatable bonds is 0. The quantitative estimate of drug-likeness (QED) is 0.363. The van der Waals surface area contributed by atoms with Crippen molar-refractivity contribution in [2.45, 2.75) is 27.7 Å². The second-order valence-corrected chi connectivity index (χ2v) is 2.08. The monoisotopic (exact) mass is 374 g/mol. The first-order valence-corrected chi connectivity index (χ1v) is 3.71. The molecule has 0 saturated heterocycles. The van der Waals surface area contributed by atoms with Crippen molar-refractivity contribution in [2.24, 2.45) is 0 Å². The summed E-state index contributed by atoms with van der Waals surface area (Å²) in [4.78, 5) is 36.0. The molecule has 17 heavy (non-hydrogen) atoms. The number of aliphatic carboxylic acids is 4. The zero-order valence-corrected chi connectivity index (χ0v) is 16.7. The number of carboxylic acid groups (broad SMARTS) is 4. The molecule has 0 spiro atoms. The van der Waals surface area contributed by atoms with E-state index < -0.39 is 23.9 Å². The van der Waals surface area contributed by atoms with Crippen LogP contribution in [0.2, 0.25) is 0 Å². The summed E-state index contributed by atoms with van der Waals surface area (Å²) < 4.78 is 0. The van der Waals surface area contributed by atoms with Gasteiger partial charge in [0, 0.05) is 27.7 Å². The fraction of sp³-hybridized carbons (Fsp3) is 0.500. The molecule has 0 aromatic carbocycles. The summed E-state index contributed by atoms with van der Waals surface area (Å²) >= 11 is 0. The predicted molar refractivity (Wildman–Crippen MR) is 54.4 cm³/mol. The Balaban J connectivity index is -0.0000000257. The van der Waals surface area contributed by atoms with Gasteiger partial charge in [-0.3, -0.25) is 19.2 Å². The number of carboxylic acids is 4. The predicted octanol–water partition coefficient (Wildman–Crippen LogP) is -2.52. The van der Waals surface area contributed by atoms with Crippen molar-refractivity contribution in [3.63, 3.8) is 0 Å². The maximum atomic E-state index is 9.00. The van der Waals surface area contributed by atoms with Gasteiger partial charge in [0.05, 0.1) is 0 Å². The van der Waals surface area contributed by atoms with Crippen LogP contribution in [-0.4, -0.2) is 44.3 Å². The van der Waals surface area contributed by atoms with Crippen LogP contribution in [0.5, 0.6) is 0 Å². The molecule has 0 bridgehead atoms. The smallest absolute Gasteiger partial charge is 1.00 e. The van der Waals surface area contributed by atoms with Crippen LogP contribution in [0.4, 0.5) is 0 Å². The molecule has 0 aromatic heterocycles. The van der Waals surface area contributed by atoms with E-state index in [0.29, 0.717) is 0 Å². The normalized spacial score (nSPS) is 5.88. The minimum atomic E-state index is -0.833. The van der Waals surface area contributed by atoms with Crippen LogP contribution in [0.25, 0.3) is 0 Å². The van der Waals surface area contributed by atoms with E-state index in [1.807, 2.05) is 0 Å². The Hall–Kier alpha value is -0.0681. The summed E-state index contributed by atoms with van der Waals surface area (Å²) in [5.41, 5.74) is 0. The van der Waals surface area contributed by atoms with Crippen molar-refractivity contribution in [1.82, 2.24) is 0 Å². The zero-order chi connectivity index (χ0) is 14.3. The molecule has 98 valence electrons. The third kappa shape index (κ3) is 668000. The van der Waals surface area contributed by atoms with Crippen molar-refractivity contribution < 1.29 is 110 Å². The molecular weight excluding hydrogens is 357 g/mol. The second kappa shape index (κ2) is 25.0. The van der Waals surface area contributed by atoms with E-state index in [4.69, 9.17) is 39.6 Å². The van der Waals surface area contributed by atoms with Crippen molar-refractivity contribution >= 4 is 23.9 Å². The summed E-state index contributed by atoms with van der Waals surface area (Å²) in [6, 6.07) is 0. The summed E-state index contributed by atoms with van der Waals surface area (Å²) in [5, 5.41) is 29.7. The number of carbonyl (C=O) groups is 4. The topological polar surface area (TPSA) is 149 Å². The molecule has 0 saturated carbocycles. The maximum Gasteiger partial charge on any atom is 1.00 e. The molecule has 0 rings (SSSR count). The van der Waals surface area contributed by atoms with Gasteiger partial charge in [-0.1, -0.05) is 0 Å². The molecule has 0 aromatic rings. The molecule has 0 amide bonds. The Morgan fingerprint density at radius 3 is 0.588 bits per heavy atom. The van der Waals surface area contributed by atoms with Gasteiger partial charge in [0.1, 0.15) is 0 Å². The molecule has 0 fully saturated rings. The van der Waals surface area contributed by atoms with Crippen molar-refractivity contribution in [3.05, 3.63) is 0 Å². The molecule has 0 aliphatic heterocycles. The largest absolute Gasteiger partial charge is 1.00 e. The van der Waals surface area contributed by atoms with E-state index in [0.717, 1.165) is 27.7 Å². The molecule has 0 aliphatic rings. The molecule has 4 N–H and O–H groups in total. The Morgan fingerprint density at radius 1 is 0.588 bits per heavy atom. The van der Waals surface area contributed by atoms with Crippen LogP contribution in [-0.2, 0) is 19.2 Å². The van der Waals surface area contributed by atoms with Crippen molar-refractivity contribution in [1.29, 1.82) is 0 Å². The zero-order valence-electron chi connectivity index (χ0n) is 11.4. The van der Waals surface area contributed by atoms with Crippen molar-refractivity contribution in [2.75, 3.05) is 0 Å². The molecule has 0 heterocycles. The Labute approximate surface area is 159 Å². The van der Waals surface area contributed by atoms with Gasteiger partial charge >= 0.3 is 68.9 Å². The first-order chi connectivity index (χ1) is 6.93. The van der Waals surface area contributed by atoms with Crippen LogP contribution < -0.4 is 68.9 Å². The Kier molecular flexibility index (Phi) is 44.3. The average Bonchev–Trinajstić information content (AvgIpc) is 1.76.